The smallest absolute Gasteiger partial charge is 0.166 e. The molecule has 3 rings (SSSR count). The van der Waals surface area contributed by atoms with E-state index in [0.29, 0.717) is 5.92 Å². The van der Waals surface area contributed by atoms with E-state index in [9.17, 15) is 4.79 Å². The average molecular weight is 236 g/mol. The van der Waals surface area contributed by atoms with Crippen LogP contribution in [-0.4, -0.2) is 5.78 Å². The fourth-order valence-electron chi connectivity index (χ4n) is 2.72. The third-order valence-electron chi connectivity index (χ3n) is 4.08. The van der Waals surface area contributed by atoms with Crippen LogP contribution < -0.4 is 0 Å². The molecule has 2 aromatic carbocycles. The summed E-state index contributed by atoms with van der Waals surface area (Å²) < 4.78 is 0. The second-order valence-electron chi connectivity index (χ2n) is 5.11. The summed E-state index contributed by atoms with van der Waals surface area (Å²) in [6.07, 6.45) is 0. The van der Waals surface area contributed by atoms with Crippen molar-refractivity contribution in [2.24, 2.45) is 5.92 Å². The monoisotopic (exact) mass is 236 g/mol. The fourth-order valence-corrected chi connectivity index (χ4v) is 2.72. The van der Waals surface area contributed by atoms with Gasteiger partial charge in [0.15, 0.2) is 5.78 Å². The van der Waals surface area contributed by atoms with Gasteiger partial charge in [-0.25, -0.2) is 0 Å². The van der Waals surface area contributed by atoms with Gasteiger partial charge in [-0.05, 0) is 28.7 Å². The van der Waals surface area contributed by atoms with Crippen molar-refractivity contribution in [1.29, 1.82) is 0 Å². The minimum Gasteiger partial charge on any atom is -0.294 e. The lowest BCUT2D eigenvalue weighted by atomic mass is 9.95. The van der Waals surface area contributed by atoms with E-state index < -0.39 is 0 Å². The van der Waals surface area contributed by atoms with Gasteiger partial charge in [-0.1, -0.05) is 56.3 Å². The summed E-state index contributed by atoms with van der Waals surface area (Å²) in [5.74, 6) is 0.749. The van der Waals surface area contributed by atoms with Gasteiger partial charge in [0.05, 0.1) is 0 Å². The zero-order valence-electron chi connectivity index (χ0n) is 10.7. The second kappa shape index (κ2) is 4.09. The van der Waals surface area contributed by atoms with Gasteiger partial charge in [-0.3, -0.25) is 4.79 Å². The maximum atomic E-state index is 12.2. The lowest BCUT2D eigenvalue weighted by molar-refractivity contribution is 0.0937. The molecule has 0 N–H and O–H groups in total. The Morgan fingerprint density at radius 1 is 0.833 bits per heavy atom. The van der Waals surface area contributed by atoms with E-state index in [4.69, 9.17) is 0 Å². The first kappa shape index (κ1) is 11.2. The number of carbonyl (C=O) groups is 1. The number of hydrogen-bond donors (Lipinski definition) is 0. The largest absolute Gasteiger partial charge is 0.294 e. The molecule has 0 fully saturated rings. The van der Waals surface area contributed by atoms with E-state index in [1.807, 2.05) is 31.2 Å². The van der Waals surface area contributed by atoms with Crippen molar-refractivity contribution in [2.45, 2.75) is 19.8 Å². The molecule has 0 amide bonds. The summed E-state index contributed by atoms with van der Waals surface area (Å²) in [6.45, 7) is 4.16. The molecule has 2 aromatic rings. The van der Waals surface area contributed by atoms with Gasteiger partial charge in [0.1, 0.15) is 0 Å². The van der Waals surface area contributed by atoms with Crippen LogP contribution in [0.25, 0.3) is 11.1 Å². The third kappa shape index (κ3) is 1.59. The highest BCUT2D eigenvalue weighted by Crippen LogP contribution is 2.38. The highest BCUT2D eigenvalue weighted by Gasteiger charge is 2.33. The predicted molar refractivity (Wildman–Crippen MR) is 73.8 cm³/mol. The van der Waals surface area contributed by atoms with Gasteiger partial charge in [0.2, 0.25) is 0 Å². The summed E-state index contributed by atoms with van der Waals surface area (Å²) in [5.41, 5.74) is 4.41. The van der Waals surface area contributed by atoms with Crippen LogP contribution in [0.3, 0.4) is 0 Å². The van der Waals surface area contributed by atoms with E-state index in [-0.39, 0.29) is 11.7 Å². The van der Waals surface area contributed by atoms with Gasteiger partial charge < -0.3 is 0 Å². The molecule has 1 aliphatic rings. The van der Waals surface area contributed by atoms with Crippen molar-refractivity contribution in [3.8, 4) is 11.1 Å². The molecule has 1 heteroatoms. The van der Waals surface area contributed by atoms with Crippen LogP contribution in [0.2, 0.25) is 0 Å². The third-order valence-corrected chi connectivity index (χ3v) is 4.08. The minimum atomic E-state index is 0.117. The zero-order valence-corrected chi connectivity index (χ0v) is 10.7. The Morgan fingerprint density at radius 2 is 1.56 bits per heavy atom. The summed E-state index contributed by atoms with van der Waals surface area (Å²) >= 11 is 0. The summed E-state index contributed by atoms with van der Waals surface area (Å²) in [4.78, 5) is 12.2. The molecule has 0 aromatic heterocycles. The standard InChI is InChI=1S/C17H16O/c1-11-12(2)17(18)16-10-14(8-9-15(11)16)13-6-4-3-5-7-13/h3-12H,1-2H3. The Hall–Kier alpha value is -1.89. The van der Waals surface area contributed by atoms with Gasteiger partial charge in [0.25, 0.3) is 0 Å². The number of carbonyl (C=O) groups excluding carboxylic acids is 1. The number of Topliss-reactive ketones (excluding diaryl/α,β-unsaturated/α-hetero) is 1. The summed E-state index contributed by atoms with van der Waals surface area (Å²) in [6, 6.07) is 16.5. The first-order valence-corrected chi connectivity index (χ1v) is 6.42. The van der Waals surface area contributed by atoms with Crippen LogP contribution in [0.15, 0.2) is 48.5 Å². The van der Waals surface area contributed by atoms with Crippen LogP contribution in [0, 0.1) is 5.92 Å². The van der Waals surface area contributed by atoms with Crippen molar-refractivity contribution in [1.82, 2.24) is 0 Å². The molecule has 0 heterocycles. The minimum absolute atomic E-state index is 0.117. The molecule has 18 heavy (non-hydrogen) atoms. The fraction of sp³-hybridized carbons (Fsp3) is 0.235. The molecule has 2 unspecified atom stereocenters. The molecule has 0 spiro atoms. The molecular weight excluding hydrogens is 220 g/mol. The molecule has 2 atom stereocenters. The molecule has 0 aliphatic heterocycles. The summed E-state index contributed by atoms with van der Waals surface area (Å²) in [5, 5.41) is 0. The molecule has 0 bridgehead atoms. The highest BCUT2D eigenvalue weighted by molar-refractivity contribution is 6.03. The Bertz CT molecular complexity index is 598. The number of ketones is 1. The van der Waals surface area contributed by atoms with E-state index in [1.54, 1.807) is 0 Å². The topological polar surface area (TPSA) is 17.1 Å². The molecule has 0 saturated heterocycles. The van der Waals surface area contributed by atoms with E-state index in [1.165, 1.54) is 11.1 Å². The van der Waals surface area contributed by atoms with Gasteiger partial charge in [-0.2, -0.15) is 0 Å². The number of hydrogen-bond acceptors (Lipinski definition) is 1. The van der Waals surface area contributed by atoms with Gasteiger partial charge in [0, 0.05) is 11.5 Å². The first-order chi connectivity index (χ1) is 8.68. The summed E-state index contributed by atoms with van der Waals surface area (Å²) in [7, 11) is 0. The Balaban J connectivity index is 2.11. The Labute approximate surface area is 107 Å². The van der Waals surface area contributed by atoms with Crippen LogP contribution >= 0.6 is 0 Å². The Morgan fingerprint density at radius 3 is 2.28 bits per heavy atom. The van der Waals surface area contributed by atoms with Crippen molar-refractivity contribution >= 4 is 5.78 Å². The number of benzene rings is 2. The van der Waals surface area contributed by atoms with Crippen molar-refractivity contribution in [3.63, 3.8) is 0 Å². The van der Waals surface area contributed by atoms with Crippen molar-refractivity contribution < 1.29 is 4.79 Å². The van der Waals surface area contributed by atoms with Crippen LogP contribution in [-0.2, 0) is 0 Å². The lowest BCUT2D eigenvalue weighted by Gasteiger charge is -2.08. The first-order valence-electron chi connectivity index (χ1n) is 6.42. The van der Waals surface area contributed by atoms with Crippen LogP contribution in [0.4, 0.5) is 0 Å². The second-order valence-corrected chi connectivity index (χ2v) is 5.11. The van der Waals surface area contributed by atoms with Crippen molar-refractivity contribution in [3.05, 3.63) is 59.7 Å². The average Bonchev–Trinajstić information content (AvgIpc) is 2.65. The molecule has 0 saturated carbocycles. The maximum absolute atomic E-state index is 12.2. The van der Waals surface area contributed by atoms with E-state index in [2.05, 4.69) is 31.2 Å². The molecule has 1 nitrogen and oxygen atoms in total. The quantitative estimate of drug-likeness (QED) is 0.722. The molecule has 90 valence electrons. The normalized spacial score (nSPS) is 22.0. The SMILES string of the molecule is CC1C(=O)c2cc(-c3ccccc3)ccc2C1C. The lowest BCUT2D eigenvalue weighted by Crippen LogP contribution is -2.06. The maximum Gasteiger partial charge on any atom is 0.166 e. The van der Waals surface area contributed by atoms with Gasteiger partial charge in [-0.15, -0.1) is 0 Å². The van der Waals surface area contributed by atoms with E-state index >= 15 is 0 Å². The van der Waals surface area contributed by atoms with Crippen LogP contribution in [0.5, 0.6) is 0 Å². The number of rotatable bonds is 1. The molecule has 0 radical (unpaired) electrons. The molecular formula is C17H16O. The van der Waals surface area contributed by atoms with Gasteiger partial charge >= 0.3 is 0 Å². The highest BCUT2D eigenvalue weighted by atomic mass is 16.1. The van der Waals surface area contributed by atoms with E-state index in [0.717, 1.165) is 11.1 Å². The molecule has 1 aliphatic carbocycles. The predicted octanol–water partition coefficient (Wildman–Crippen LogP) is 4.29. The zero-order chi connectivity index (χ0) is 12.7. The Kier molecular flexibility index (Phi) is 2.55. The number of fused-ring (bicyclic) bond motifs is 1. The van der Waals surface area contributed by atoms with Crippen molar-refractivity contribution in [2.75, 3.05) is 0 Å². The van der Waals surface area contributed by atoms with Crippen LogP contribution in [0.1, 0.15) is 35.7 Å².